The van der Waals surface area contributed by atoms with Crippen molar-refractivity contribution in [3.63, 3.8) is 0 Å². The largest absolute Gasteiger partial charge is 0.484 e. The molecule has 1 aliphatic heterocycles. The van der Waals surface area contributed by atoms with Gasteiger partial charge < -0.3 is 28.4 Å². The fourth-order valence-corrected chi connectivity index (χ4v) is 3.65. The Kier molecular flexibility index (Phi) is 7.95. The minimum atomic E-state index is -0.339. The first kappa shape index (κ1) is 24.2. The number of carbonyl (C=O) groups is 2. The fraction of sp³-hybridized carbons (Fsp3) is 0.231. The zero-order valence-corrected chi connectivity index (χ0v) is 19.8. The van der Waals surface area contributed by atoms with E-state index < -0.39 is 0 Å². The third-order valence-electron chi connectivity index (χ3n) is 5.29. The van der Waals surface area contributed by atoms with Crippen LogP contribution in [0.1, 0.15) is 11.3 Å². The number of amides is 2. The monoisotopic (exact) mass is 496 g/mol. The van der Waals surface area contributed by atoms with Crippen molar-refractivity contribution in [3.8, 4) is 17.2 Å². The molecule has 0 bridgehead atoms. The Morgan fingerprint density at radius 1 is 1.00 bits per heavy atom. The lowest BCUT2D eigenvalue weighted by molar-refractivity contribution is -0.142. The van der Waals surface area contributed by atoms with E-state index in [2.05, 4.69) is 6.58 Å². The van der Waals surface area contributed by atoms with E-state index in [1.807, 2.05) is 18.2 Å². The van der Waals surface area contributed by atoms with Crippen LogP contribution < -0.4 is 14.2 Å². The lowest BCUT2D eigenvalue weighted by atomic mass is 10.2. The summed E-state index contributed by atoms with van der Waals surface area (Å²) in [4.78, 5) is 29.2. The van der Waals surface area contributed by atoms with E-state index in [-0.39, 0.29) is 44.8 Å². The van der Waals surface area contributed by atoms with Crippen molar-refractivity contribution < 1.29 is 28.2 Å². The highest BCUT2D eigenvalue weighted by Crippen LogP contribution is 2.33. The molecule has 1 aliphatic rings. The van der Waals surface area contributed by atoms with Gasteiger partial charge in [0.25, 0.3) is 5.91 Å². The molecule has 182 valence electrons. The van der Waals surface area contributed by atoms with Gasteiger partial charge in [0.1, 0.15) is 18.1 Å². The highest BCUT2D eigenvalue weighted by atomic mass is 35.5. The summed E-state index contributed by atoms with van der Waals surface area (Å²) in [7, 11) is 0. The first-order valence-corrected chi connectivity index (χ1v) is 11.4. The van der Waals surface area contributed by atoms with Gasteiger partial charge in [-0.2, -0.15) is 0 Å². The minimum Gasteiger partial charge on any atom is -0.484 e. The number of halogens is 1. The van der Waals surface area contributed by atoms with Crippen LogP contribution in [0.15, 0.2) is 77.9 Å². The number of rotatable bonds is 11. The van der Waals surface area contributed by atoms with Crippen LogP contribution in [-0.2, 0) is 22.7 Å². The Morgan fingerprint density at radius 2 is 1.80 bits per heavy atom. The molecule has 2 heterocycles. The highest BCUT2D eigenvalue weighted by Gasteiger charge is 2.23. The lowest BCUT2D eigenvalue weighted by Gasteiger charge is -2.27. The van der Waals surface area contributed by atoms with Crippen LogP contribution >= 0.6 is 11.6 Å². The molecular weight excluding hydrogens is 472 g/mol. The smallest absolute Gasteiger partial charge is 0.261 e. The number of hydrogen-bond donors (Lipinski definition) is 0. The molecule has 0 spiro atoms. The molecule has 3 aromatic rings. The van der Waals surface area contributed by atoms with Crippen molar-refractivity contribution in [2.75, 3.05) is 26.5 Å². The summed E-state index contributed by atoms with van der Waals surface area (Å²) in [5.74, 6) is 1.86. The van der Waals surface area contributed by atoms with Crippen molar-refractivity contribution in [1.29, 1.82) is 0 Å². The summed E-state index contributed by atoms with van der Waals surface area (Å²) in [6.07, 6.45) is 3.13. The second kappa shape index (κ2) is 11.5. The topological polar surface area (TPSA) is 81.5 Å². The Morgan fingerprint density at radius 3 is 2.54 bits per heavy atom. The van der Waals surface area contributed by atoms with Gasteiger partial charge >= 0.3 is 0 Å². The average molecular weight is 497 g/mol. The maximum atomic E-state index is 13.4. The molecule has 0 aliphatic carbocycles. The second-order valence-electron chi connectivity index (χ2n) is 7.82. The van der Waals surface area contributed by atoms with E-state index in [4.69, 9.17) is 30.2 Å². The van der Waals surface area contributed by atoms with Gasteiger partial charge in [0.2, 0.25) is 12.7 Å². The van der Waals surface area contributed by atoms with E-state index in [0.29, 0.717) is 34.6 Å². The molecule has 0 atom stereocenters. The van der Waals surface area contributed by atoms with E-state index in [1.54, 1.807) is 53.6 Å². The standard InChI is InChI=1S/C26H25ClN2O6/c1-2-11-28(26(31)17-33-21-8-6-20(27)7-9-21)16-25(30)29(15-22-4-3-12-32-22)14-19-5-10-23-24(13-19)35-18-34-23/h2-10,12-13H,1,11,14-18H2. The van der Waals surface area contributed by atoms with E-state index >= 15 is 0 Å². The summed E-state index contributed by atoms with van der Waals surface area (Å²) in [5, 5.41) is 0.571. The van der Waals surface area contributed by atoms with Crippen molar-refractivity contribution >= 4 is 23.4 Å². The number of nitrogens with zero attached hydrogens (tertiary/aromatic N) is 2. The normalized spacial score (nSPS) is 11.7. The molecule has 0 N–H and O–H groups in total. The van der Waals surface area contributed by atoms with Gasteiger partial charge in [0.15, 0.2) is 18.1 Å². The zero-order chi connectivity index (χ0) is 24.6. The summed E-state index contributed by atoms with van der Waals surface area (Å²) >= 11 is 5.89. The summed E-state index contributed by atoms with van der Waals surface area (Å²) < 4.78 is 21.8. The molecule has 0 unspecified atom stereocenters. The van der Waals surface area contributed by atoms with Gasteiger partial charge in [0, 0.05) is 18.1 Å². The predicted molar refractivity (Wildman–Crippen MR) is 129 cm³/mol. The molecule has 2 amide bonds. The van der Waals surface area contributed by atoms with Gasteiger partial charge in [-0.05, 0) is 54.1 Å². The highest BCUT2D eigenvalue weighted by molar-refractivity contribution is 6.30. The van der Waals surface area contributed by atoms with Gasteiger partial charge in [-0.3, -0.25) is 9.59 Å². The minimum absolute atomic E-state index is 0.139. The number of carbonyl (C=O) groups excluding carboxylic acids is 2. The Balaban J connectivity index is 1.44. The van der Waals surface area contributed by atoms with Crippen molar-refractivity contribution in [3.05, 3.63) is 89.9 Å². The van der Waals surface area contributed by atoms with Crippen molar-refractivity contribution in [2.24, 2.45) is 0 Å². The average Bonchev–Trinajstić information content (AvgIpc) is 3.54. The van der Waals surface area contributed by atoms with Crippen LogP contribution in [-0.4, -0.2) is 48.1 Å². The summed E-state index contributed by atoms with van der Waals surface area (Å²) in [5.41, 5.74) is 0.863. The number of fused-ring (bicyclic) bond motifs is 1. The third-order valence-corrected chi connectivity index (χ3v) is 5.55. The summed E-state index contributed by atoms with van der Waals surface area (Å²) in [6.45, 7) is 4.27. The molecule has 9 heteroatoms. The maximum Gasteiger partial charge on any atom is 0.261 e. The molecule has 0 radical (unpaired) electrons. The quantitative estimate of drug-likeness (QED) is 0.368. The molecule has 0 saturated carbocycles. The third kappa shape index (κ3) is 6.58. The van der Waals surface area contributed by atoms with Crippen LogP contribution in [0.4, 0.5) is 0 Å². The van der Waals surface area contributed by atoms with Crippen LogP contribution in [0, 0.1) is 0 Å². The first-order valence-electron chi connectivity index (χ1n) is 11.0. The molecular formula is C26H25ClN2O6. The van der Waals surface area contributed by atoms with Gasteiger partial charge in [0.05, 0.1) is 12.8 Å². The molecule has 35 heavy (non-hydrogen) atoms. The van der Waals surface area contributed by atoms with E-state index in [1.165, 1.54) is 4.90 Å². The lowest BCUT2D eigenvalue weighted by Crippen LogP contribution is -2.44. The Bertz CT molecular complexity index is 1160. The SMILES string of the molecule is C=CCN(CC(=O)N(Cc1ccc2c(c1)OCO2)Cc1ccco1)C(=O)COc1ccc(Cl)cc1. The van der Waals surface area contributed by atoms with Crippen LogP contribution in [0.2, 0.25) is 5.02 Å². The van der Waals surface area contributed by atoms with Gasteiger partial charge in [-0.25, -0.2) is 0 Å². The molecule has 4 rings (SSSR count). The van der Waals surface area contributed by atoms with Crippen LogP contribution in [0.5, 0.6) is 17.2 Å². The fourth-order valence-electron chi connectivity index (χ4n) is 3.52. The van der Waals surface area contributed by atoms with Crippen LogP contribution in [0.3, 0.4) is 0 Å². The molecule has 2 aromatic carbocycles. The summed E-state index contributed by atoms with van der Waals surface area (Å²) in [6, 6.07) is 15.8. The molecule has 0 fully saturated rings. The molecule has 8 nitrogen and oxygen atoms in total. The zero-order valence-electron chi connectivity index (χ0n) is 19.0. The molecule has 1 aromatic heterocycles. The number of hydrogen-bond acceptors (Lipinski definition) is 6. The molecule has 0 saturated heterocycles. The van der Waals surface area contributed by atoms with Crippen LogP contribution in [0.25, 0.3) is 0 Å². The Hall–Kier alpha value is -3.91. The van der Waals surface area contributed by atoms with Crippen molar-refractivity contribution in [2.45, 2.75) is 13.1 Å². The Labute approximate surface area is 208 Å². The first-order chi connectivity index (χ1) is 17.0. The van der Waals surface area contributed by atoms with Gasteiger partial charge in [-0.15, -0.1) is 6.58 Å². The maximum absolute atomic E-state index is 13.4. The van der Waals surface area contributed by atoms with E-state index in [9.17, 15) is 9.59 Å². The second-order valence-corrected chi connectivity index (χ2v) is 8.26. The number of ether oxygens (including phenoxy) is 3. The number of benzene rings is 2. The number of furan rings is 1. The predicted octanol–water partition coefficient (Wildman–Crippen LogP) is 4.28. The van der Waals surface area contributed by atoms with Gasteiger partial charge in [-0.1, -0.05) is 23.7 Å². The van der Waals surface area contributed by atoms with Crippen molar-refractivity contribution in [1.82, 2.24) is 9.80 Å². The van der Waals surface area contributed by atoms with E-state index in [0.717, 1.165) is 5.56 Å².